The van der Waals surface area contributed by atoms with E-state index in [1.165, 1.54) is 0 Å². The van der Waals surface area contributed by atoms with Crippen molar-refractivity contribution in [2.75, 3.05) is 17.7 Å². The van der Waals surface area contributed by atoms with Crippen LogP contribution in [0.1, 0.15) is 40.5 Å². The summed E-state index contributed by atoms with van der Waals surface area (Å²) < 4.78 is 5.44. The Kier molecular flexibility index (Phi) is 6.02. The number of hydrogen-bond donors (Lipinski definition) is 2. The highest BCUT2D eigenvalue weighted by atomic mass is 16.5. The van der Waals surface area contributed by atoms with E-state index >= 15 is 0 Å². The van der Waals surface area contributed by atoms with Crippen LogP contribution in [0.3, 0.4) is 0 Å². The third kappa shape index (κ3) is 5.61. The van der Waals surface area contributed by atoms with E-state index in [4.69, 9.17) is 4.74 Å². The molecule has 4 nitrogen and oxygen atoms in total. The number of rotatable bonds is 7. The van der Waals surface area contributed by atoms with Crippen LogP contribution >= 0.6 is 0 Å². The van der Waals surface area contributed by atoms with Gasteiger partial charge in [-0.25, -0.2) is 0 Å². The maximum atomic E-state index is 11.4. The molecule has 0 heterocycles. The van der Waals surface area contributed by atoms with Gasteiger partial charge in [-0.2, -0.15) is 0 Å². The molecule has 0 fully saturated rings. The van der Waals surface area contributed by atoms with Crippen molar-refractivity contribution in [2.24, 2.45) is 0 Å². The Morgan fingerprint density at radius 1 is 1.35 bits per heavy atom. The van der Waals surface area contributed by atoms with Crippen LogP contribution in [0, 0.1) is 0 Å². The van der Waals surface area contributed by atoms with Gasteiger partial charge in [-0.15, -0.1) is 0 Å². The highest BCUT2D eigenvalue weighted by Crippen LogP contribution is 2.20. The first-order valence-electron chi connectivity index (χ1n) is 7.08. The summed E-state index contributed by atoms with van der Waals surface area (Å²) >= 11 is 0. The first kappa shape index (κ1) is 16.5. The summed E-state index contributed by atoms with van der Waals surface area (Å²) in [5.74, 6) is 0.0238. The Morgan fingerprint density at radius 3 is 2.60 bits per heavy atom. The van der Waals surface area contributed by atoms with Gasteiger partial charge in [0.05, 0.1) is 5.60 Å². The van der Waals surface area contributed by atoms with Gasteiger partial charge in [0.2, 0.25) is 5.91 Å². The van der Waals surface area contributed by atoms with Crippen molar-refractivity contribution >= 4 is 17.3 Å². The summed E-state index contributed by atoms with van der Waals surface area (Å²) in [6.07, 6.45) is 1.38. The minimum Gasteiger partial charge on any atom is -0.382 e. The number of nitrogens with one attached hydrogen (secondary N) is 2. The zero-order chi connectivity index (χ0) is 15.2. The van der Waals surface area contributed by atoms with Crippen molar-refractivity contribution in [3.05, 3.63) is 24.3 Å². The van der Waals surface area contributed by atoms with Crippen LogP contribution in [-0.4, -0.2) is 24.7 Å². The van der Waals surface area contributed by atoms with Crippen LogP contribution in [0.15, 0.2) is 24.3 Å². The van der Waals surface area contributed by atoms with Crippen molar-refractivity contribution in [2.45, 2.75) is 52.2 Å². The second kappa shape index (κ2) is 7.29. The summed E-state index contributed by atoms with van der Waals surface area (Å²) in [4.78, 5) is 11.4. The second-order valence-corrected chi connectivity index (χ2v) is 5.70. The topological polar surface area (TPSA) is 50.4 Å². The molecule has 0 radical (unpaired) electrons. The average molecular weight is 278 g/mol. The third-order valence-electron chi connectivity index (χ3n) is 3.23. The fourth-order valence-electron chi connectivity index (χ4n) is 2.09. The number of methoxy groups -OCH3 is 1. The number of benzene rings is 1. The Labute approximate surface area is 121 Å². The van der Waals surface area contributed by atoms with Crippen LogP contribution in [0.25, 0.3) is 0 Å². The first-order chi connectivity index (χ1) is 9.36. The highest BCUT2D eigenvalue weighted by Gasteiger charge is 2.20. The minimum atomic E-state index is -0.152. The van der Waals surface area contributed by atoms with Crippen LogP contribution in [-0.2, 0) is 9.53 Å². The molecule has 2 N–H and O–H groups in total. The van der Waals surface area contributed by atoms with Crippen molar-refractivity contribution in [3.8, 4) is 0 Å². The molecule has 1 aromatic carbocycles. The van der Waals surface area contributed by atoms with Gasteiger partial charge in [-0.05, 0) is 45.4 Å². The van der Waals surface area contributed by atoms with Gasteiger partial charge >= 0.3 is 0 Å². The Balaban J connectivity index is 2.64. The molecular weight excluding hydrogens is 252 g/mol. The highest BCUT2D eigenvalue weighted by molar-refractivity contribution is 5.90. The van der Waals surface area contributed by atoms with Crippen LogP contribution in [0.2, 0.25) is 0 Å². The monoisotopic (exact) mass is 278 g/mol. The van der Waals surface area contributed by atoms with Crippen molar-refractivity contribution < 1.29 is 9.53 Å². The van der Waals surface area contributed by atoms with Gasteiger partial charge < -0.3 is 15.4 Å². The SMILES string of the molecule is CCC(=O)Nc1cccc(NC(C)CC(C)(C)OC)c1. The second-order valence-electron chi connectivity index (χ2n) is 5.70. The number of anilines is 2. The van der Waals surface area contributed by atoms with Gasteiger partial charge in [0, 0.05) is 30.9 Å². The van der Waals surface area contributed by atoms with Gasteiger partial charge in [-0.3, -0.25) is 4.79 Å². The Bertz CT molecular complexity index is 444. The quantitative estimate of drug-likeness (QED) is 0.800. The van der Waals surface area contributed by atoms with E-state index in [2.05, 4.69) is 31.4 Å². The lowest BCUT2D eigenvalue weighted by Crippen LogP contribution is -2.31. The van der Waals surface area contributed by atoms with Crippen molar-refractivity contribution in [1.82, 2.24) is 0 Å². The molecule has 0 saturated heterocycles. The van der Waals surface area contributed by atoms with Crippen LogP contribution < -0.4 is 10.6 Å². The van der Waals surface area contributed by atoms with E-state index < -0.39 is 0 Å². The third-order valence-corrected chi connectivity index (χ3v) is 3.23. The molecule has 0 aromatic heterocycles. The molecular formula is C16H26N2O2. The first-order valence-corrected chi connectivity index (χ1v) is 7.08. The molecule has 1 rings (SSSR count). The standard InChI is InChI=1S/C16H26N2O2/c1-6-15(19)18-14-9-7-8-13(10-14)17-12(2)11-16(3,4)20-5/h7-10,12,17H,6,11H2,1-5H3,(H,18,19). The smallest absolute Gasteiger partial charge is 0.224 e. The van der Waals surface area contributed by atoms with Crippen LogP contribution in [0.5, 0.6) is 0 Å². The van der Waals surface area contributed by atoms with Crippen LogP contribution in [0.4, 0.5) is 11.4 Å². The molecule has 4 heteroatoms. The molecule has 0 aliphatic carbocycles. The van der Waals surface area contributed by atoms with E-state index in [1.54, 1.807) is 7.11 Å². The normalized spacial score (nSPS) is 12.8. The lowest BCUT2D eigenvalue weighted by atomic mass is 9.99. The van der Waals surface area contributed by atoms with E-state index in [1.807, 2.05) is 31.2 Å². The molecule has 0 bridgehead atoms. The zero-order valence-corrected chi connectivity index (χ0v) is 13.1. The average Bonchev–Trinajstić information content (AvgIpc) is 2.38. The fraction of sp³-hybridized carbons (Fsp3) is 0.562. The molecule has 1 atom stereocenters. The number of carbonyl (C=O) groups is 1. The molecule has 1 aromatic rings. The molecule has 1 amide bonds. The molecule has 0 spiro atoms. The molecule has 0 aliphatic rings. The largest absolute Gasteiger partial charge is 0.382 e. The summed E-state index contributed by atoms with van der Waals surface area (Å²) in [7, 11) is 1.73. The van der Waals surface area contributed by atoms with E-state index in [-0.39, 0.29) is 17.6 Å². The van der Waals surface area contributed by atoms with E-state index in [0.717, 1.165) is 17.8 Å². The summed E-state index contributed by atoms with van der Waals surface area (Å²) in [5.41, 5.74) is 1.67. The Hall–Kier alpha value is -1.55. The number of ether oxygens (including phenoxy) is 1. The molecule has 20 heavy (non-hydrogen) atoms. The predicted molar refractivity (Wildman–Crippen MR) is 84.2 cm³/mol. The molecule has 112 valence electrons. The maximum absolute atomic E-state index is 11.4. The molecule has 0 saturated carbocycles. The van der Waals surface area contributed by atoms with Crippen molar-refractivity contribution in [1.29, 1.82) is 0 Å². The lowest BCUT2D eigenvalue weighted by Gasteiger charge is -2.27. The van der Waals surface area contributed by atoms with Gasteiger partial charge in [0.15, 0.2) is 0 Å². The zero-order valence-electron chi connectivity index (χ0n) is 13.1. The lowest BCUT2D eigenvalue weighted by molar-refractivity contribution is -0.115. The van der Waals surface area contributed by atoms with Gasteiger partial charge in [0.1, 0.15) is 0 Å². The predicted octanol–water partition coefficient (Wildman–Crippen LogP) is 3.65. The van der Waals surface area contributed by atoms with E-state index in [0.29, 0.717) is 6.42 Å². The molecule has 0 aliphatic heterocycles. The fourth-order valence-corrected chi connectivity index (χ4v) is 2.09. The minimum absolute atomic E-state index is 0.0238. The number of carbonyl (C=O) groups excluding carboxylic acids is 1. The summed E-state index contributed by atoms with van der Waals surface area (Å²) in [5, 5.41) is 6.29. The van der Waals surface area contributed by atoms with Crippen molar-refractivity contribution in [3.63, 3.8) is 0 Å². The summed E-state index contributed by atoms with van der Waals surface area (Å²) in [6.45, 7) is 8.11. The Morgan fingerprint density at radius 2 is 2.00 bits per heavy atom. The van der Waals surface area contributed by atoms with E-state index in [9.17, 15) is 4.79 Å². The number of hydrogen-bond acceptors (Lipinski definition) is 3. The van der Waals surface area contributed by atoms with Gasteiger partial charge in [-0.1, -0.05) is 13.0 Å². The number of amides is 1. The molecule has 1 unspecified atom stereocenters. The summed E-state index contributed by atoms with van der Waals surface area (Å²) in [6, 6.07) is 8.05. The van der Waals surface area contributed by atoms with Gasteiger partial charge in [0.25, 0.3) is 0 Å². The maximum Gasteiger partial charge on any atom is 0.224 e.